The Labute approximate surface area is 154 Å². The highest BCUT2D eigenvalue weighted by Crippen LogP contribution is 2.40. The van der Waals surface area contributed by atoms with Crippen LogP contribution in [-0.4, -0.2) is 12.1 Å². The minimum atomic E-state index is 0.601. The van der Waals surface area contributed by atoms with E-state index in [1.165, 1.54) is 16.0 Å². The third kappa shape index (κ3) is 2.97. The molecule has 1 N–H and O–H groups in total. The lowest BCUT2D eigenvalue weighted by Crippen LogP contribution is -2.02. The number of halogens is 2. The molecule has 3 nitrogen and oxygen atoms in total. The quantitative estimate of drug-likeness (QED) is 0.611. The maximum atomic E-state index is 6.06. The Kier molecular flexibility index (Phi) is 4.12. The van der Waals surface area contributed by atoms with Crippen molar-refractivity contribution in [1.29, 1.82) is 0 Å². The normalized spacial score (nSPS) is 12.5. The molecule has 1 heterocycles. The van der Waals surface area contributed by atoms with Crippen molar-refractivity contribution in [2.45, 2.75) is 12.8 Å². The van der Waals surface area contributed by atoms with Gasteiger partial charge in [-0.2, -0.15) is 0 Å². The van der Waals surface area contributed by atoms with Gasteiger partial charge in [0.15, 0.2) is 5.13 Å². The van der Waals surface area contributed by atoms with Crippen molar-refractivity contribution >= 4 is 45.4 Å². The first-order valence-electron chi connectivity index (χ1n) is 7.52. The first-order chi connectivity index (χ1) is 11.6. The van der Waals surface area contributed by atoms with Crippen molar-refractivity contribution in [2.24, 2.45) is 0 Å². The molecule has 0 radical (unpaired) electrons. The molecule has 6 heteroatoms. The topological polar surface area (TPSA) is 34.1 Å². The van der Waals surface area contributed by atoms with Crippen LogP contribution < -0.4 is 10.1 Å². The Balaban J connectivity index is 1.68. The van der Waals surface area contributed by atoms with Gasteiger partial charge in [-0.3, -0.25) is 0 Å². The number of benzene rings is 2. The van der Waals surface area contributed by atoms with E-state index >= 15 is 0 Å². The molecule has 0 amide bonds. The lowest BCUT2D eigenvalue weighted by Gasteiger charge is -2.15. The van der Waals surface area contributed by atoms with Crippen molar-refractivity contribution in [3.63, 3.8) is 0 Å². The number of nitrogens with zero attached hydrogens (tertiary/aromatic N) is 1. The zero-order valence-electron chi connectivity index (χ0n) is 12.9. The summed E-state index contributed by atoms with van der Waals surface area (Å²) in [6, 6.07) is 11.6. The maximum Gasteiger partial charge on any atom is 0.187 e. The lowest BCUT2D eigenvalue weighted by atomic mass is 9.93. The van der Waals surface area contributed by atoms with Crippen LogP contribution in [0.1, 0.15) is 10.4 Å². The van der Waals surface area contributed by atoms with Gasteiger partial charge in [0.1, 0.15) is 5.75 Å². The number of aromatic nitrogens is 1. The summed E-state index contributed by atoms with van der Waals surface area (Å²) in [6.07, 6.45) is 2.00. The molecule has 3 aromatic rings. The summed E-state index contributed by atoms with van der Waals surface area (Å²) in [5.41, 5.74) is 4.36. The zero-order chi connectivity index (χ0) is 16.7. The fourth-order valence-corrected chi connectivity index (χ4v) is 4.44. The van der Waals surface area contributed by atoms with Gasteiger partial charge in [0.05, 0.1) is 12.8 Å². The first-order valence-corrected chi connectivity index (χ1v) is 9.10. The summed E-state index contributed by atoms with van der Waals surface area (Å²) in [5.74, 6) is 0.888. The third-order valence-electron chi connectivity index (χ3n) is 4.00. The van der Waals surface area contributed by atoms with Gasteiger partial charge in [0.2, 0.25) is 0 Å². The number of methoxy groups -OCH3 is 1. The van der Waals surface area contributed by atoms with E-state index in [0.717, 1.165) is 35.1 Å². The highest BCUT2D eigenvalue weighted by molar-refractivity contribution is 7.16. The lowest BCUT2D eigenvalue weighted by molar-refractivity contribution is 0.414. The second-order valence-corrected chi connectivity index (χ2v) is 7.55. The number of nitrogens with one attached hydrogen (secondary N) is 1. The zero-order valence-corrected chi connectivity index (χ0v) is 15.2. The number of anilines is 2. The van der Waals surface area contributed by atoms with Crippen LogP contribution in [0, 0.1) is 0 Å². The number of ether oxygens (including phenoxy) is 1. The summed E-state index contributed by atoms with van der Waals surface area (Å²) in [7, 11) is 1.69. The standard InChI is InChI=1S/C18H14Cl2N2OS/c1-23-14-3-4-15-10(6-14)2-5-16-17(15)22-18(24-16)21-13-8-11(19)7-12(20)9-13/h3-4,6-9H,2,5H2,1H3,(H,21,22). The Hall–Kier alpha value is -1.75. The number of hydrogen-bond donors (Lipinski definition) is 1. The fourth-order valence-electron chi connectivity index (χ4n) is 2.92. The van der Waals surface area contributed by atoms with E-state index in [1.807, 2.05) is 18.2 Å². The van der Waals surface area contributed by atoms with Gasteiger partial charge in [-0.25, -0.2) is 4.98 Å². The van der Waals surface area contributed by atoms with E-state index in [2.05, 4.69) is 17.4 Å². The monoisotopic (exact) mass is 376 g/mol. The Bertz CT molecular complexity index is 903. The Morgan fingerprint density at radius 2 is 1.88 bits per heavy atom. The second-order valence-electron chi connectivity index (χ2n) is 5.60. The second kappa shape index (κ2) is 6.28. The number of fused-ring (bicyclic) bond motifs is 3. The summed E-state index contributed by atoms with van der Waals surface area (Å²) in [6.45, 7) is 0. The van der Waals surface area contributed by atoms with Gasteiger partial charge < -0.3 is 10.1 Å². The van der Waals surface area contributed by atoms with E-state index in [9.17, 15) is 0 Å². The molecule has 0 spiro atoms. The number of rotatable bonds is 3. The maximum absolute atomic E-state index is 6.06. The fraction of sp³-hybridized carbons (Fsp3) is 0.167. The SMILES string of the molecule is COc1ccc2c(c1)CCc1sc(Nc3cc(Cl)cc(Cl)c3)nc1-2. The largest absolute Gasteiger partial charge is 0.497 e. The minimum Gasteiger partial charge on any atom is -0.497 e. The molecule has 24 heavy (non-hydrogen) atoms. The summed E-state index contributed by atoms with van der Waals surface area (Å²) >= 11 is 13.8. The molecule has 0 aliphatic heterocycles. The van der Waals surface area contributed by atoms with Crippen LogP contribution in [0.4, 0.5) is 10.8 Å². The van der Waals surface area contributed by atoms with E-state index in [-0.39, 0.29) is 0 Å². The summed E-state index contributed by atoms with van der Waals surface area (Å²) in [4.78, 5) is 6.08. The molecule has 122 valence electrons. The molecule has 0 saturated heterocycles. The highest BCUT2D eigenvalue weighted by atomic mass is 35.5. The van der Waals surface area contributed by atoms with Crippen LogP contribution >= 0.6 is 34.5 Å². The van der Waals surface area contributed by atoms with Crippen LogP contribution in [-0.2, 0) is 12.8 Å². The van der Waals surface area contributed by atoms with Crippen molar-refractivity contribution in [3.8, 4) is 17.0 Å². The van der Waals surface area contributed by atoms with Gasteiger partial charge in [-0.1, -0.05) is 23.2 Å². The predicted octanol–water partition coefficient (Wildman–Crippen LogP) is 5.97. The average molecular weight is 377 g/mol. The van der Waals surface area contributed by atoms with Gasteiger partial charge >= 0.3 is 0 Å². The smallest absolute Gasteiger partial charge is 0.187 e. The van der Waals surface area contributed by atoms with Crippen molar-refractivity contribution in [1.82, 2.24) is 4.98 Å². The van der Waals surface area contributed by atoms with Crippen LogP contribution in [0.3, 0.4) is 0 Å². The molecule has 1 aliphatic rings. The van der Waals surface area contributed by atoms with E-state index in [4.69, 9.17) is 32.9 Å². The van der Waals surface area contributed by atoms with E-state index in [1.54, 1.807) is 24.5 Å². The molecular weight excluding hydrogens is 363 g/mol. The predicted molar refractivity (Wildman–Crippen MR) is 101 cm³/mol. The van der Waals surface area contributed by atoms with Crippen LogP contribution in [0.5, 0.6) is 5.75 Å². The van der Waals surface area contributed by atoms with E-state index < -0.39 is 0 Å². The van der Waals surface area contributed by atoms with Gasteiger partial charge in [0, 0.05) is 26.2 Å². The van der Waals surface area contributed by atoms with Crippen LogP contribution in [0.15, 0.2) is 36.4 Å². The molecule has 0 saturated carbocycles. The molecule has 1 aliphatic carbocycles. The van der Waals surface area contributed by atoms with Crippen LogP contribution in [0.25, 0.3) is 11.3 Å². The molecular formula is C18H14Cl2N2OS. The average Bonchev–Trinajstić information content (AvgIpc) is 2.96. The third-order valence-corrected chi connectivity index (χ3v) is 5.47. The molecule has 2 aromatic carbocycles. The number of hydrogen-bond acceptors (Lipinski definition) is 4. The molecule has 0 atom stereocenters. The van der Waals surface area contributed by atoms with Crippen molar-refractivity contribution in [3.05, 3.63) is 56.9 Å². The van der Waals surface area contributed by atoms with Crippen molar-refractivity contribution < 1.29 is 4.74 Å². The Morgan fingerprint density at radius 3 is 2.62 bits per heavy atom. The summed E-state index contributed by atoms with van der Waals surface area (Å²) in [5, 5.41) is 5.36. The molecule has 0 fully saturated rings. The van der Waals surface area contributed by atoms with Gasteiger partial charge in [0.25, 0.3) is 0 Å². The summed E-state index contributed by atoms with van der Waals surface area (Å²) < 4.78 is 5.32. The van der Waals surface area contributed by atoms with Gasteiger partial charge in [-0.05, 0) is 54.8 Å². The molecule has 0 unspecified atom stereocenters. The highest BCUT2D eigenvalue weighted by Gasteiger charge is 2.21. The Morgan fingerprint density at radius 1 is 1.08 bits per heavy atom. The molecule has 0 bridgehead atoms. The first kappa shape index (κ1) is 15.8. The van der Waals surface area contributed by atoms with Crippen molar-refractivity contribution in [2.75, 3.05) is 12.4 Å². The number of thiazole rings is 1. The van der Waals surface area contributed by atoms with Gasteiger partial charge in [-0.15, -0.1) is 11.3 Å². The van der Waals surface area contributed by atoms with Crippen LogP contribution in [0.2, 0.25) is 10.0 Å². The number of aryl methyl sites for hydroxylation is 2. The minimum absolute atomic E-state index is 0.601. The van der Waals surface area contributed by atoms with E-state index in [0.29, 0.717) is 10.0 Å². The molecule has 1 aromatic heterocycles. The molecule has 4 rings (SSSR count).